The standard InChI is InChI=1S/C15H19Br2NO3/c1-10(2)9-18(7-6-14(19)21-3)15(20)12-5-4-11(16)8-13(12)17/h4-5,8,10H,6-7,9H2,1-3H3. The average Bonchev–Trinajstić information content (AvgIpc) is 2.42. The molecule has 6 heteroatoms. The number of esters is 1. The highest BCUT2D eigenvalue weighted by molar-refractivity contribution is 9.11. The summed E-state index contributed by atoms with van der Waals surface area (Å²) in [4.78, 5) is 25.6. The van der Waals surface area contributed by atoms with Crippen molar-refractivity contribution < 1.29 is 14.3 Å². The van der Waals surface area contributed by atoms with Crippen molar-refractivity contribution in [3.63, 3.8) is 0 Å². The highest BCUT2D eigenvalue weighted by Crippen LogP contribution is 2.23. The molecule has 0 saturated heterocycles. The van der Waals surface area contributed by atoms with Crippen LogP contribution in [0.2, 0.25) is 0 Å². The van der Waals surface area contributed by atoms with Crippen LogP contribution in [0.4, 0.5) is 0 Å². The van der Waals surface area contributed by atoms with Gasteiger partial charge in [0.25, 0.3) is 5.91 Å². The largest absolute Gasteiger partial charge is 0.469 e. The first-order valence-corrected chi connectivity index (χ1v) is 8.25. The van der Waals surface area contributed by atoms with Crippen molar-refractivity contribution in [1.29, 1.82) is 0 Å². The molecule has 0 radical (unpaired) electrons. The maximum Gasteiger partial charge on any atom is 0.307 e. The molecule has 0 unspecified atom stereocenters. The van der Waals surface area contributed by atoms with Crippen LogP contribution in [-0.4, -0.2) is 37.0 Å². The van der Waals surface area contributed by atoms with E-state index in [9.17, 15) is 9.59 Å². The molecule has 1 aromatic carbocycles. The zero-order valence-corrected chi connectivity index (χ0v) is 15.5. The van der Waals surface area contributed by atoms with E-state index in [-0.39, 0.29) is 18.3 Å². The van der Waals surface area contributed by atoms with Gasteiger partial charge < -0.3 is 9.64 Å². The van der Waals surface area contributed by atoms with Gasteiger partial charge in [0.1, 0.15) is 0 Å². The quantitative estimate of drug-likeness (QED) is 0.656. The Morgan fingerprint density at radius 2 is 1.95 bits per heavy atom. The van der Waals surface area contributed by atoms with Crippen molar-refractivity contribution in [3.8, 4) is 0 Å². The molecular weight excluding hydrogens is 402 g/mol. The zero-order valence-electron chi connectivity index (χ0n) is 12.4. The highest BCUT2D eigenvalue weighted by Gasteiger charge is 2.20. The van der Waals surface area contributed by atoms with E-state index >= 15 is 0 Å². The summed E-state index contributed by atoms with van der Waals surface area (Å²) >= 11 is 6.77. The number of halogens is 2. The molecule has 0 aliphatic carbocycles. The maximum absolute atomic E-state index is 12.6. The van der Waals surface area contributed by atoms with Crippen molar-refractivity contribution in [2.24, 2.45) is 5.92 Å². The Kier molecular flexibility index (Phi) is 7.39. The van der Waals surface area contributed by atoms with E-state index in [1.165, 1.54) is 7.11 Å². The third kappa shape index (κ3) is 5.79. The number of hydrogen-bond donors (Lipinski definition) is 0. The summed E-state index contributed by atoms with van der Waals surface area (Å²) in [5.74, 6) is -0.0840. The molecule has 0 heterocycles. The molecule has 0 aliphatic rings. The van der Waals surface area contributed by atoms with Crippen LogP contribution in [0.5, 0.6) is 0 Å². The number of nitrogens with zero attached hydrogens (tertiary/aromatic N) is 1. The molecule has 0 bridgehead atoms. The van der Waals surface area contributed by atoms with E-state index in [4.69, 9.17) is 0 Å². The zero-order chi connectivity index (χ0) is 16.0. The Balaban J connectivity index is 2.90. The smallest absolute Gasteiger partial charge is 0.307 e. The number of ether oxygens (including phenoxy) is 1. The van der Waals surface area contributed by atoms with Gasteiger partial charge in [-0.15, -0.1) is 0 Å². The Bertz CT molecular complexity index is 518. The number of methoxy groups -OCH3 is 1. The normalized spacial score (nSPS) is 10.6. The van der Waals surface area contributed by atoms with E-state index in [1.54, 1.807) is 11.0 Å². The van der Waals surface area contributed by atoms with Crippen LogP contribution in [0.3, 0.4) is 0 Å². The number of carbonyl (C=O) groups is 2. The molecule has 0 saturated carbocycles. The van der Waals surface area contributed by atoms with E-state index in [2.05, 4.69) is 36.6 Å². The molecule has 0 spiro atoms. The third-order valence-electron chi connectivity index (χ3n) is 2.85. The first-order chi connectivity index (χ1) is 9.85. The summed E-state index contributed by atoms with van der Waals surface area (Å²) in [5.41, 5.74) is 0.587. The average molecular weight is 421 g/mol. The lowest BCUT2D eigenvalue weighted by Crippen LogP contribution is -2.36. The van der Waals surface area contributed by atoms with Crippen LogP contribution < -0.4 is 0 Å². The second-order valence-electron chi connectivity index (χ2n) is 5.10. The molecular formula is C15H19Br2NO3. The molecule has 0 aliphatic heterocycles. The maximum atomic E-state index is 12.6. The van der Waals surface area contributed by atoms with Gasteiger partial charge in [0, 0.05) is 22.0 Å². The molecule has 1 aromatic rings. The predicted molar refractivity (Wildman–Crippen MR) is 89.2 cm³/mol. The predicted octanol–water partition coefficient (Wildman–Crippen LogP) is 3.87. The summed E-state index contributed by atoms with van der Waals surface area (Å²) in [5, 5.41) is 0. The van der Waals surface area contributed by atoms with Gasteiger partial charge in [-0.1, -0.05) is 29.8 Å². The van der Waals surface area contributed by atoms with Crippen molar-refractivity contribution in [3.05, 3.63) is 32.7 Å². The number of rotatable bonds is 6. The monoisotopic (exact) mass is 419 g/mol. The highest BCUT2D eigenvalue weighted by atomic mass is 79.9. The molecule has 0 N–H and O–H groups in total. The summed E-state index contributed by atoms with van der Waals surface area (Å²) in [7, 11) is 1.35. The second-order valence-corrected chi connectivity index (χ2v) is 6.87. The molecule has 1 amide bonds. The third-order valence-corrected chi connectivity index (χ3v) is 4.00. The van der Waals surface area contributed by atoms with Crippen molar-refractivity contribution >= 4 is 43.7 Å². The Labute approximate surface area is 142 Å². The van der Waals surface area contributed by atoms with E-state index in [0.29, 0.717) is 24.6 Å². The van der Waals surface area contributed by atoms with Gasteiger partial charge in [-0.3, -0.25) is 9.59 Å². The van der Waals surface area contributed by atoms with E-state index < -0.39 is 0 Å². The van der Waals surface area contributed by atoms with Gasteiger partial charge >= 0.3 is 5.97 Å². The lowest BCUT2D eigenvalue weighted by molar-refractivity contribution is -0.140. The van der Waals surface area contributed by atoms with Gasteiger partial charge in [-0.05, 0) is 40.0 Å². The molecule has 0 fully saturated rings. The van der Waals surface area contributed by atoms with Crippen LogP contribution in [0.25, 0.3) is 0 Å². The van der Waals surface area contributed by atoms with Crippen molar-refractivity contribution in [2.45, 2.75) is 20.3 Å². The molecule has 0 atom stereocenters. The summed E-state index contributed by atoms with van der Waals surface area (Å²) in [6.07, 6.45) is 0.198. The van der Waals surface area contributed by atoms with E-state index in [1.807, 2.05) is 26.0 Å². The summed E-state index contributed by atoms with van der Waals surface area (Å²) < 4.78 is 6.27. The molecule has 0 aromatic heterocycles. The Morgan fingerprint density at radius 1 is 1.29 bits per heavy atom. The topological polar surface area (TPSA) is 46.6 Å². The molecule has 4 nitrogen and oxygen atoms in total. The van der Waals surface area contributed by atoms with Crippen LogP contribution in [0.1, 0.15) is 30.6 Å². The second kappa shape index (κ2) is 8.54. The van der Waals surface area contributed by atoms with Crippen molar-refractivity contribution in [2.75, 3.05) is 20.2 Å². The van der Waals surface area contributed by atoms with Gasteiger partial charge in [0.05, 0.1) is 19.1 Å². The van der Waals surface area contributed by atoms with Crippen molar-refractivity contribution in [1.82, 2.24) is 4.90 Å². The van der Waals surface area contributed by atoms with Gasteiger partial charge in [-0.2, -0.15) is 0 Å². The molecule has 1 rings (SSSR count). The first kappa shape index (κ1) is 18.2. The van der Waals surface area contributed by atoms with E-state index in [0.717, 1.165) is 8.95 Å². The Morgan fingerprint density at radius 3 is 2.48 bits per heavy atom. The summed E-state index contributed by atoms with van der Waals surface area (Å²) in [6, 6.07) is 5.43. The molecule has 116 valence electrons. The lowest BCUT2D eigenvalue weighted by Gasteiger charge is -2.24. The van der Waals surface area contributed by atoms with Gasteiger partial charge in [0.2, 0.25) is 0 Å². The fourth-order valence-corrected chi connectivity index (χ4v) is 3.09. The minimum Gasteiger partial charge on any atom is -0.469 e. The van der Waals surface area contributed by atoms with Gasteiger partial charge in [-0.25, -0.2) is 0 Å². The summed E-state index contributed by atoms with van der Waals surface area (Å²) in [6.45, 7) is 5.02. The number of hydrogen-bond acceptors (Lipinski definition) is 3. The Hall–Kier alpha value is -0.880. The lowest BCUT2D eigenvalue weighted by atomic mass is 10.1. The fraction of sp³-hybridized carbons (Fsp3) is 0.467. The number of carbonyl (C=O) groups excluding carboxylic acids is 2. The van der Waals surface area contributed by atoms with Crippen LogP contribution in [-0.2, 0) is 9.53 Å². The number of amides is 1. The minimum absolute atomic E-state index is 0.0908. The van der Waals surface area contributed by atoms with Gasteiger partial charge in [0.15, 0.2) is 0 Å². The minimum atomic E-state index is -0.313. The molecule has 21 heavy (non-hydrogen) atoms. The SMILES string of the molecule is COC(=O)CCN(CC(C)C)C(=O)c1ccc(Br)cc1Br. The van der Waals surface area contributed by atoms with Crippen LogP contribution >= 0.6 is 31.9 Å². The number of benzene rings is 1. The van der Waals surface area contributed by atoms with Crippen LogP contribution in [0.15, 0.2) is 27.1 Å². The first-order valence-electron chi connectivity index (χ1n) is 6.66. The fourth-order valence-electron chi connectivity index (χ4n) is 1.88. The van der Waals surface area contributed by atoms with Crippen LogP contribution in [0, 0.1) is 5.92 Å².